The number of hydrogen-bond acceptors (Lipinski definition) is 2. The van der Waals surface area contributed by atoms with Gasteiger partial charge in [-0.25, -0.2) is 0 Å². The molecule has 1 fully saturated rings. The summed E-state index contributed by atoms with van der Waals surface area (Å²) < 4.78 is 2.07. The molecule has 1 N–H and O–H groups in total. The molecule has 0 bridgehead atoms. The zero-order valence-electron chi connectivity index (χ0n) is 11.6. The monoisotopic (exact) mass is 235 g/mol. The molecule has 0 amide bonds. The van der Waals surface area contributed by atoms with Gasteiger partial charge in [-0.3, -0.25) is 4.68 Å². The summed E-state index contributed by atoms with van der Waals surface area (Å²) in [6, 6.07) is 2.98. The van der Waals surface area contributed by atoms with E-state index in [1.54, 1.807) is 0 Å². The van der Waals surface area contributed by atoms with Crippen molar-refractivity contribution in [3.63, 3.8) is 0 Å². The third-order valence-electron chi connectivity index (χ3n) is 4.24. The van der Waals surface area contributed by atoms with Crippen LogP contribution in [-0.4, -0.2) is 22.9 Å². The molecule has 1 aliphatic carbocycles. The molecule has 2 unspecified atom stereocenters. The minimum absolute atomic E-state index is 0.451. The zero-order valence-corrected chi connectivity index (χ0v) is 11.6. The molecular formula is C14H25N3. The maximum Gasteiger partial charge on any atom is 0.0624 e. The predicted octanol–water partition coefficient (Wildman–Crippen LogP) is 2.30. The molecule has 0 spiro atoms. The van der Waals surface area contributed by atoms with E-state index in [-0.39, 0.29) is 0 Å². The molecule has 17 heavy (non-hydrogen) atoms. The summed E-state index contributed by atoms with van der Waals surface area (Å²) in [5, 5.41) is 7.96. The van der Waals surface area contributed by atoms with Crippen LogP contribution in [0.1, 0.15) is 44.5 Å². The van der Waals surface area contributed by atoms with Crippen LogP contribution in [0, 0.1) is 5.41 Å². The first kappa shape index (κ1) is 12.6. The van der Waals surface area contributed by atoms with Crippen molar-refractivity contribution in [1.82, 2.24) is 15.1 Å². The van der Waals surface area contributed by atoms with E-state index in [1.165, 1.54) is 30.7 Å². The van der Waals surface area contributed by atoms with Gasteiger partial charge in [-0.2, -0.15) is 5.10 Å². The van der Waals surface area contributed by atoms with Gasteiger partial charge in [0.05, 0.1) is 5.69 Å². The highest BCUT2D eigenvalue weighted by molar-refractivity contribution is 5.13. The minimum Gasteiger partial charge on any atom is -0.317 e. The van der Waals surface area contributed by atoms with Crippen molar-refractivity contribution in [3.8, 4) is 0 Å². The van der Waals surface area contributed by atoms with Gasteiger partial charge < -0.3 is 5.32 Å². The SMILES string of the molecule is CCc1cc(CC2(C)CCC(NC)C2)n(C)n1. The van der Waals surface area contributed by atoms with Gasteiger partial charge in [0.1, 0.15) is 0 Å². The standard InChI is InChI=1S/C14H25N3/c1-5-11-8-13(17(4)16-11)10-14(2)7-6-12(9-14)15-3/h8,12,15H,5-7,9-10H2,1-4H3. The lowest BCUT2D eigenvalue weighted by molar-refractivity contribution is 0.316. The van der Waals surface area contributed by atoms with Gasteiger partial charge in [-0.15, -0.1) is 0 Å². The van der Waals surface area contributed by atoms with Crippen molar-refractivity contribution in [2.75, 3.05) is 7.05 Å². The molecule has 0 saturated heterocycles. The van der Waals surface area contributed by atoms with Crippen molar-refractivity contribution in [1.29, 1.82) is 0 Å². The van der Waals surface area contributed by atoms with E-state index in [2.05, 4.69) is 49.1 Å². The van der Waals surface area contributed by atoms with E-state index < -0.39 is 0 Å². The van der Waals surface area contributed by atoms with Crippen LogP contribution < -0.4 is 5.32 Å². The van der Waals surface area contributed by atoms with Gasteiger partial charge in [0.15, 0.2) is 0 Å². The molecule has 1 heterocycles. The second-order valence-corrected chi connectivity index (χ2v) is 5.82. The number of nitrogens with one attached hydrogen (secondary N) is 1. The molecule has 0 radical (unpaired) electrons. The van der Waals surface area contributed by atoms with Crippen LogP contribution in [0.25, 0.3) is 0 Å². The lowest BCUT2D eigenvalue weighted by Crippen LogP contribution is -2.25. The summed E-state index contributed by atoms with van der Waals surface area (Å²) in [5.74, 6) is 0. The van der Waals surface area contributed by atoms with Crippen molar-refractivity contribution < 1.29 is 0 Å². The molecule has 1 aliphatic rings. The predicted molar refractivity (Wildman–Crippen MR) is 71.1 cm³/mol. The fraction of sp³-hybridized carbons (Fsp3) is 0.786. The van der Waals surface area contributed by atoms with E-state index >= 15 is 0 Å². The highest BCUT2D eigenvalue weighted by Gasteiger charge is 2.35. The first-order chi connectivity index (χ1) is 8.06. The summed E-state index contributed by atoms with van der Waals surface area (Å²) >= 11 is 0. The molecule has 96 valence electrons. The molecule has 0 aromatic carbocycles. The van der Waals surface area contributed by atoms with Crippen molar-refractivity contribution in [3.05, 3.63) is 17.5 Å². The second-order valence-electron chi connectivity index (χ2n) is 5.82. The summed E-state index contributed by atoms with van der Waals surface area (Å²) in [4.78, 5) is 0. The van der Waals surface area contributed by atoms with Crippen LogP contribution in [0.5, 0.6) is 0 Å². The van der Waals surface area contributed by atoms with Crippen molar-refractivity contribution >= 4 is 0 Å². The lowest BCUT2D eigenvalue weighted by atomic mass is 9.83. The molecule has 1 aromatic heterocycles. The highest BCUT2D eigenvalue weighted by Crippen LogP contribution is 2.40. The number of nitrogens with zero attached hydrogens (tertiary/aromatic N) is 2. The van der Waals surface area contributed by atoms with Crippen LogP contribution >= 0.6 is 0 Å². The second kappa shape index (κ2) is 4.81. The van der Waals surface area contributed by atoms with Crippen molar-refractivity contribution in [2.45, 2.75) is 52.0 Å². The molecular weight excluding hydrogens is 210 g/mol. The zero-order chi connectivity index (χ0) is 12.5. The van der Waals surface area contributed by atoms with E-state index in [9.17, 15) is 0 Å². The third kappa shape index (κ3) is 2.71. The largest absolute Gasteiger partial charge is 0.317 e. The van der Waals surface area contributed by atoms with E-state index in [0.29, 0.717) is 11.5 Å². The lowest BCUT2D eigenvalue weighted by Gasteiger charge is -2.24. The average Bonchev–Trinajstić information content (AvgIpc) is 2.84. The fourth-order valence-corrected chi connectivity index (χ4v) is 3.08. The van der Waals surface area contributed by atoms with Crippen molar-refractivity contribution in [2.24, 2.45) is 12.5 Å². The maximum absolute atomic E-state index is 4.54. The Morgan fingerprint density at radius 1 is 1.59 bits per heavy atom. The van der Waals surface area contributed by atoms with Gasteiger partial charge in [-0.05, 0) is 50.6 Å². The van der Waals surface area contributed by atoms with E-state index in [4.69, 9.17) is 0 Å². The molecule has 1 saturated carbocycles. The number of aromatic nitrogens is 2. The smallest absolute Gasteiger partial charge is 0.0624 e. The Kier molecular flexibility index (Phi) is 3.57. The molecule has 1 aromatic rings. The van der Waals surface area contributed by atoms with Gasteiger partial charge >= 0.3 is 0 Å². The fourth-order valence-electron chi connectivity index (χ4n) is 3.08. The van der Waals surface area contributed by atoms with Gasteiger partial charge in [-0.1, -0.05) is 13.8 Å². The summed E-state index contributed by atoms with van der Waals surface area (Å²) in [7, 11) is 4.15. The van der Waals surface area contributed by atoms with E-state index in [1.807, 2.05) is 0 Å². The molecule has 2 atom stereocenters. The quantitative estimate of drug-likeness (QED) is 0.868. The first-order valence-corrected chi connectivity index (χ1v) is 6.75. The van der Waals surface area contributed by atoms with E-state index in [0.717, 1.165) is 12.8 Å². The molecule has 2 rings (SSSR count). The average molecular weight is 235 g/mol. The van der Waals surface area contributed by atoms with Crippen LogP contribution in [0.3, 0.4) is 0 Å². The number of hydrogen-bond donors (Lipinski definition) is 1. The van der Waals surface area contributed by atoms with Gasteiger partial charge in [0.2, 0.25) is 0 Å². The van der Waals surface area contributed by atoms with Crippen LogP contribution in [0.15, 0.2) is 6.07 Å². The maximum atomic E-state index is 4.54. The molecule has 3 nitrogen and oxygen atoms in total. The highest BCUT2D eigenvalue weighted by atomic mass is 15.3. The van der Waals surface area contributed by atoms with Gasteiger partial charge in [0.25, 0.3) is 0 Å². The first-order valence-electron chi connectivity index (χ1n) is 6.75. The Morgan fingerprint density at radius 2 is 2.35 bits per heavy atom. The molecule has 0 aliphatic heterocycles. The summed E-state index contributed by atoms with van der Waals surface area (Å²) in [6.45, 7) is 4.59. The van der Waals surface area contributed by atoms with Crippen LogP contribution in [0.2, 0.25) is 0 Å². The normalized spacial score (nSPS) is 28.8. The number of aryl methyl sites for hydroxylation is 2. The Morgan fingerprint density at radius 3 is 2.88 bits per heavy atom. The summed E-state index contributed by atoms with van der Waals surface area (Å²) in [5.41, 5.74) is 3.06. The summed E-state index contributed by atoms with van der Waals surface area (Å²) in [6.07, 6.45) is 6.12. The molecule has 3 heteroatoms. The third-order valence-corrected chi connectivity index (χ3v) is 4.24. The number of rotatable bonds is 4. The minimum atomic E-state index is 0.451. The van der Waals surface area contributed by atoms with Gasteiger partial charge in [0, 0.05) is 18.8 Å². The Bertz CT molecular complexity index is 383. The van der Waals surface area contributed by atoms with Crippen LogP contribution in [-0.2, 0) is 19.9 Å². The Balaban J connectivity index is 2.07. The van der Waals surface area contributed by atoms with Crippen LogP contribution in [0.4, 0.5) is 0 Å². The Labute approximate surface area is 105 Å². The topological polar surface area (TPSA) is 29.9 Å². The Hall–Kier alpha value is -0.830.